The third-order valence-corrected chi connectivity index (χ3v) is 7.37. The fourth-order valence-corrected chi connectivity index (χ4v) is 5.09. The lowest BCUT2D eigenvalue weighted by Gasteiger charge is -2.20. The first-order chi connectivity index (χ1) is 18.2. The van der Waals surface area contributed by atoms with Gasteiger partial charge in [0.2, 0.25) is 0 Å². The van der Waals surface area contributed by atoms with Gasteiger partial charge in [0.05, 0.1) is 35.6 Å². The van der Waals surface area contributed by atoms with Crippen LogP contribution in [0.3, 0.4) is 0 Å². The topological polar surface area (TPSA) is 45.9 Å². The van der Waals surface area contributed by atoms with E-state index in [1.165, 1.54) is 16.9 Å². The molecule has 0 bridgehead atoms. The molecule has 0 fully saturated rings. The van der Waals surface area contributed by atoms with Crippen LogP contribution in [0.2, 0.25) is 0 Å². The number of aryl methyl sites for hydroxylation is 2. The molecular weight excluding hydrogens is 470 g/mol. The average molecular weight is 504 g/mol. The Morgan fingerprint density at radius 2 is 1.66 bits per heavy atom. The number of ether oxygens (including phenoxy) is 1. The maximum atomic E-state index is 6.51. The number of benzene rings is 2. The van der Waals surface area contributed by atoms with E-state index in [-0.39, 0.29) is 5.41 Å². The molecule has 6 rings (SSSR count). The van der Waals surface area contributed by atoms with Gasteiger partial charge in [0.25, 0.3) is 0 Å². The number of para-hydroxylation sites is 2. The van der Waals surface area contributed by atoms with Crippen LogP contribution >= 0.6 is 0 Å². The van der Waals surface area contributed by atoms with Crippen molar-refractivity contribution in [3.8, 4) is 22.8 Å². The summed E-state index contributed by atoms with van der Waals surface area (Å²) >= 11 is 0. The summed E-state index contributed by atoms with van der Waals surface area (Å²) in [6, 6.07) is 23.1. The fourth-order valence-electron chi connectivity index (χ4n) is 5.09. The Hall–Kier alpha value is -4.32. The Kier molecular flexibility index (Phi) is 5.64. The Labute approximate surface area is 224 Å². The number of aromatic nitrogens is 3. The van der Waals surface area contributed by atoms with Crippen molar-refractivity contribution in [2.24, 2.45) is 0 Å². The predicted molar refractivity (Wildman–Crippen MR) is 155 cm³/mol. The Bertz CT molecular complexity index is 1660. The van der Waals surface area contributed by atoms with Gasteiger partial charge >= 0.3 is 0 Å². The van der Waals surface area contributed by atoms with Crippen LogP contribution in [0.4, 0.5) is 17.1 Å². The zero-order valence-corrected chi connectivity index (χ0v) is 22.9. The largest absolute Gasteiger partial charge is 0.456 e. The molecule has 4 heterocycles. The second-order valence-electron chi connectivity index (χ2n) is 11.1. The smallest absolute Gasteiger partial charge is 0.146 e. The van der Waals surface area contributed by atoms with Crippen molar-refractivity contribution >= 4 is 22.7 Å². The van der Waals surface area contributed by atoms with Crippen molar-refractivity contribution in [2.75, 3.05) is 23.5 Å². The van der Waals surface area contributed by atoms with E-state index in [2.05, 4.69) is 104 Å². The molecule has 0 saturated heterocycles. The van der Waals surface area contributed by atoms with Gasteiger partial charge < -0.3 is 14.5 Å². The van der Waals surface area contributed by atoms with Gasteiger partial charge in [-0.2, -0.15) is 0 Å². The molecule has 0 unspecified atom stereocenters. The average Bonchev–Trinajstić information content (AvgIpc) is 3.39. The molecule has 0 N–H and O–H groups in total. The minimum atomic E-state index is 0.0199. The third kappa shape index (κ3) is 4.16. The van der Waals surface area contributed by atoms with E-state index in [0.29, 0.717) is 0 Å². The molecule has 1 aliphatic rings. The second-order valence-corrected chi connectivity index (χ2v) is 11.1. The van der Waals surface area contributed by atoms with Crippen LogP contribution in [0.5, 0.6) is 11.5 Å². The normalized spacial score (nSPS) is 13.3. The number of hydrogen-bond acceptors (Lipinski definition) is 5. The zero-order chi connectivity index (χ0) is 26.6. The van der Waals surface area contributed by atoms with Crippen molar-refractivity contribution in [3.63, 3.8) is 0 Å². The summed E-state index contributed by atoms with van der Waals surface area (Å²) in [6.07, 6.45) is 3.91. The molecule has 0 spiro atoms. The number of nitrogens with zero attached hydrogens (tertiary/aromatic N) is 5. The van der Waals surface area contributed by atoms with Crippen LogP contribution < -0.4 is 14.5 Å². The van der Waals surface area contributed by atoms with Crippen molar-refractivity contribution in [3.05, 3.63) is 96.1 Å². The SMILES string of the molecule is Cc1nc2c(-c3cc(C(C)(C)C)ccn3)cc(Oc3cccc(N4CN(C)c5ccccc54)c3)cn2c1C. The highest BCUT2D eigenvalue weighted by Crippen LogP contribution is 2.41. The Morgan fingerprint density at radius 1 is 0.868 bits per heavy atom. The molecule has 6 heteroatoms. The van der Waals surface area contributed by atoms with Crippen LogP contribution in [0.25, 0.3) is 16.9 Å². The van der Waals surface area contributed by atoms with E-state index in [9.17, 15) is 0 Å². The minimum Gasteiger partial charge on any atom is -0.456 e. The molecule has 0 atom stereocenters. The van der Waals surface area contributed by atoms with Gasteiger partial charge in [0.15, 0.2) is 0 Å². The molecule has 5 aromatic rings. The van der Waals surface area contributed by atoms with Crippen molar-refractivity contribution in [2.45, 2.75) is 40.0 Å². The van der Waals surface area contributed by atoms with Crippen molar-refractivity contribution in [1.29, 1.82) is 0 Å². The van der Waals surface area contributed by atoms with Gasteiger partial charge in [0.1, 0.15) is 17.1 Å². The number of hydrogen-bond donors (Lipinski definition) is 0. The van der Waals surface area contributed by atoms with E-state index < -0.39 is 0 Å². The van der Waals surface area contributed by atoms with E-state index >= 15 is 0 Å². The summed E-state index contributed by atoms with van der Waals surface area (Å²) in [5.41, 5.74) is 9.58. The number of pyridine rings is 2. The van der Waals surface area contributed by atoms with Crippen LogP contribution in [0, 0.1) is 13.8 Å². The summed E-state index contributed by atoms with van der Waals surface area (Å²) in [5, 5.41) is 0. The first kappa shape index (κ1) is 24.0. The molecule has 2 aromatic carbocycles. The van der Waals surface area contributed by atoms with Crippen LogP contribution in [0.15, 0.2) is 79.1 Å². The first-order valence-electron chi connectivity index (χ1n) is 13.0. The second kappa shape index (κ2) is 8.91. The van der Waals surface area contributed by atoms with E-state index in [4.69, 9.17) is 14.7 Å². The number of fused-ring (bicyclic) bond motifs is 2. The molecule has 0 radical (unpaired) electrons. The highest BCUT2D eigenvalue weighted by atomic mass is 16.5. The molecule has 0 aliphatic carbocycles. The van der Waals surface area contributed by atoms with Crippen molar-refractivity contribution < 1.29 is 4.74 Å². The fraction of sp³-hybridized carbons (Fsp3) is 0.250. The molecule has 192 valence electrons. The number of rotatable bonds is 4. The van der Waals surface area contributed by atoms with Gasteiger partial charge in [0, 0.05) is 36.3 Å². The monoisotopic (exact) mass is 503 g/mol. The van der Waals surface area contributed by atoms with Gasteiger partial charge in [-0.05, 0) is 67.3 Å². The molecule has 0 amide bonds. The maximum absolute atomic E-state index is 6.51. The Morgan fingerprint density at radius 3 is 2.45 bits per heavy atom. The maximum Gasteiger partial charge on any atom is 0.146 e. The lowest BCUT2D eigenvalue weighted by atomic mass is 9.87. The standard InChI is InChI=1S/C32H33N5O/c1-21-22(2)36-19-26(18-27(31(36)34-21)28-16-23(14-15-33-28)32(3,4)5)38-25-11-9-10-24(17-25)37-20-35(6)29-12-7-8-13-30(29)37/h7-19H,20H2,1-6H3. The zero-order valence-electron chi connectivity index (χ0n) is 22.9. The van der Waals surface area contributed by atoms with Gasteiger partial charge in [-0.15, -0.1) is 0 Å². The summed E-state index contributed by atoms with van der Waals surface area (Å²) in [6.45, 7) is 11.6. The van der Waals surface area contributed by atoms with E-state index in [0.717, 1.165) is 52.1 Å². The summed E-state index contributed by atoms with van der Waals surface area (Å²) < 4.78 is 8.62. The van der Waals surface area contributed by atoms with E-state index in [1.807, 2.05) is 31.5 Å². The highest BCUT2D eigenvalue weighted by molar-refractivity contribution is 5.82. The summed E-state index contributed by atoms with van der Waals surface area (Å²) in [5.74, 6) is 1.53. The Balaban J connectivity index is 1.41. The van der Waals surface area contributed by atoms with Crippen LogP contribution in [-0.4, -0.2) is 28.1 Å². The van der Waals surface area contributed by atoms with Crippen LogP contribution in [0.1, 0.15) is 37.7 Å². The number of anilines is 3. The highest BCUT2D eigenvalue weighted by Gasteiger charge is 2.24. The third-order valence-electron chi connectivity index (χ3n) is 7.37. The molecule has 6 nitrogen and oxygen atoms in total. The molecular formula is C32H33N5O. The molecule has 38 heavy (non-hydrogen) atoms. The molecule has 0 saturated carbocycles. The van der Waals surface area contributed by atoms with E-state index in [1.54, 1.807) is 0 Å². The van der Waals surface area contributed by atoms with Gasteiger partial charge in [-0.3, -0.25) is 9.38 Å². The predicted octanol–water partition coefficient (Wildman–Crippen LogP) is 7.65. The molecule has 1 aliphatic heterocycles. The van der Waals surface area contributed by atoms with Gasteiger partial charge in [-0.25, -0.2) is 4.98 Å². The van der Waals surface area contributed by atoms with Crippen LogP contribution in [-0.2, 0) is 5.41 Å². The lowest BCUT2D eigenvalue weighted by molar-refractivity contribution is 0.479. The summed E-state index contributed by atoms with van der Waals surface area (Å²) in [7, 11) is 2.12. The number of imidazole rings is 1. The first-order valence-corrected chi connectivity index (χ1v) is 13.0. The summed E-state index contributed by atoms with van der Waals surface area (Å²) in [4.78, 5) is 14.2. The van der Waals surface area contributed by atoms with Gasteiger partial charge in [-0.1, -0.05) is 39.0 Å². The minimum absolute atomic E-state index is 0.0199. The molecule has 3 aromatic heterocycles. The van der Waals surface area contributed by atoms with Crippen molar-refractivity contribution in [1.82, 2.24) is 14.4 Å². The lowest BCUT2D eigenvalue weighted by Crippen LogP contribution is -2.23. The quantitative estimate of drug-likeness (QED) is 0.252.